The van der Waals surface area contributed by atoms with Gasteiger partial charge in [0.2, 0.25) is 0 Å². The van der Waals surface area contributed by atoms with Crippen molar-refractivity contribution in [1.82, 2.24) is 4.90 Å². The average Bonchev–Trinajstić information content (AvgIpc) is 2.22. The summed E-state index contributed by atoms with van der Waals surface area (Å²) in [6, 6.07) is 6.78. The molecule has 1 aliphatic rings. The van der Waals surface area contributed by atoms with Crippen LogP contribution in [0, 0.1) is 0 Å². The third kappa shape index (κ3) is 1.76. The molecule has 1 aliphatic heterocycles. The number of carboxylic acid groups (broad SMARTS) is 1. The van der Waals surface area contributed by atoms with Gasteiger partial charge >= 0.3 is 5.97 Å². The van der Waals surface area contributed by atoms with Crippen LogP contribution in [0.5, 0.6) is 5.75 Å². The molecule has 1 heterocycles. The van der Waals surface area contributed by atoms with Crippen molar-refractivity contribution in [3.8, 4) is 5.75 Å². The van der Waals surface area contributed by atoms with Crippen LogP contribution in [-0.4, -0.2) is 35.2 Å². The number of carbonyl (C=O) groups excluding carboxylic acids is 1. The van der Waals surface area contributed by atoms with Crippen LogP contribution in [-0.2, 0) is 4.79 Å². The number of ether oxygens (including phenoxy) is 1. The third-order valence-corrected chi connectivity index (χ3v) is 2.11. The highest BCUT2D eigenvalue weighted by atomic mass is 16.5. The van der Waals surface area contributed by atoms with E-state index in [0.717, 1.165) is 4.90 Å². The molecular weight excluding hydrogens is 198 g/mol. The minimum absolute atomic E-state index is 0.0118. The Morgan fingerprint density at radius 2 is 2.20 bits per heavy atom. The summed E-state index contributed by atoms with van der Waals surface area (Å²) in [4.78, 5) is 23.4. The Morgan fingerprint density at radius 1 is 1.47 bits per heavy atom. The molecule has 0 aliphatic carbocycles. The molecule has 0 atom stereocenters. The van der Waals surface area contributed by atoms with Crippen LogP contribution in [0.25, 0.3) is 0 Å². The van der Waals surface area contributed by atoms with Crippen molar-refractivity contribution in [1.29, 1.82) is 0 Å². The van der Waals surface area contributed by atoms with Crippen molar-refractivity contribution in [3.05, 3.63) is 29.8 Å². The van der Waals surface area contributed by atoms with E-state index >= 15 is 0 Å². The van der Waals surface area contributed by atoms with Gasteiger partial charge in [0.25, 0.3) is 5.91 Å². The van der Waals surface area contributed by atoms with Crippen molar-refractivity contribution < 1.29 is 19.4 Å². The van der Waals surface area contributed by atoms with E-state index in [1.54, 1.807) is 24.3 Å². The van der Waals surface area contributed by atoms with Gasteiger partial charge in [0.05, 0.1) is 5.56 Å². The summed E-state index contributed by atoms with van der Waals surface area (Å²) in [6.07, 6.45) is 0. The molecule has 0 bridgehead atoms. The van der Waals surface area contributed by atoms with Crippen LogP contribution in [0.2, 0.25) is 0 Å². The molecule has 5 nitrogen and oxygen atoms in total. The Hall–Kier alpha value is -2.04. The molecule has 0 spiro atoms. The number of hydrogen-bond donors (Lipinski definition) is 1. The molecule has 0 fully saturated rings. The molecule has 0 saturated carbocycles. The smallest absolute Gasteiger partial charge is 0.323 e. The van der Waals surface area contributed by atoms with Gasteiger partial charge in [0.1, 0.15) is 12.3 Å². The summed E-state index contributed by atoms with van der Waals surface area (Å²) in [5.41, 5.74) is 0.407. The van der Waals surface area contributed by atoms with Crippen molar-refractivity contribution in [3.63, 3.8) is 0 Å². The van der Waals surface area contributed by atoms with Gasteiger partial charge in [-0.15, -0.1) is 0 Å². The first-order valence-electron chi connectivity index (χ1n) is 4.41. The predicted octanol–water partition coefficient (Wildman–Crippen LogP) is 0.563. The number of carboxylic acids is 1. The fourth-order valence-corrected chi connectivity index (χ4v) is 1.43. The van der Waals surface area contributed by atoms with Gasteiger partial charge in [-0.25, -0.2) is 0 Å². The quantitative estimate of drug-likeness (QED) is 0.769. The average molecular weight is 207 g/mol. The SMILES string of the molecule is O=C(O)CN1COc2ccccc2C1=O. The Labute approximate surface area is 85.9 Å². The largest absolute Gasteiger partial charge is 0.480 e. The van der Waals surface area contributed by atoms with E-state index in [4.69, 9.17) is 9.84 Å². The van der Waals surface area contributed by atoms with Crippen LogP contribution in [0.3, 0.4) is 0 Å². The number of para-hydroxylation sites is 1. The number of carbonyl (C=O) groups is 2. The van der Waals surface area contributed by atoms with E-state index in [9.17, 15) is 9.59 Å². The normalized spacial score (nSPS) is 14.4. The van der Waals surface area contributed by atoms with Gasteiger partial charge in [-0.05, 0) is 12.1 Å². The number of nitrogens with zero attached hydrogens (tertiary/aromatic N) is 1. The fourth-order valence-electron chi connectivity index (χ4n) is 1.43. The number of amides is 1. The molecule has 0 saturated heterocycles. The second kappa shape index (κ2) is 3.61. The lowest BCUT2D eigenvalue weighted by Gasteiger charge is -2.27. The number of fused-ring (bicyclic) bond motifs is 1. The van der Waals surface area contributed by atoms with Crippen LogP contribution in [0.4, 0.5) is 0 Å². The van der Waals surface area contributed by atoms with E-state index in [-0.39, 0.29) is 19.2 Å². The molecule has 0 aromatic heterocycles. The highest BCUT2D eigenvalue weighted by Crippen LogP contribution is 2.23. The monoisotopic (exact) mass is 207 g/mol. The standard InChI is InChI=1S/C10H9NO4/c12-9(13)5-11-6-15-8-4-2-1-3-7(8)10(11)14/h1-4H,5-6H2,(H,12,13). The highest BCUT2D eigenvalue weighted by Gasteiger charge is 2.26. The first kappa shape index (κ1) is 9.51. The van der Waals surface area contributed by atoms with Crippen LogP contribution in [0.15, 0.2) is 24.3 Å². The highest BCUT2D eigenvalue weighted by molar-refractivity contribution is 5.98. The third-order valence-electron chi connectivity index (χ3n) is 2.11. The molecule has 0 unspecified atom stereocenters. The maximum Gasteiger partial charge on any atom is 0.323 e. The fraction of sp³-hybridized carbons (Fsp3) is 0.200. The van der Waals surface area contributed by atoms with Gasteiger partial charge in [-0.1, -0.05) is 12.1 Å². The summed E-state index contributed by atoms with van der Waals surface area (Å²) < 4.78 is 5.25. The van der Waals surface area contributed by atoms with Crippen molar-refractivity contribution in [2.75, 3.05) is 13.3 Å². The first-order valence-corrected chi connectivity index (χ1v) is 4.41. The Kier molecular flexibility index (Phi) is 2.29. The van der Waals surface area contributed by atoms with E-state index in [2.05, 4.69) is 0 Å². The Balaban J connectivity index is 2.26. The summed E-state index contributed by atoms with van der Waals surface area (Å²) in [5, 5.41) is 8.58. The predicted molar refractivity (Wildman–Crippen MR) is 50.6 cm³/mol. The zero-order valence-corrected chi connectivity index (χ0v) is 7.84. The number of benzene rings is 1. The zero-order valence-electron chi connectivity index (χ0n) is 7.84. The van der Waals surface area contributed by atoms with Gasteiger partial charge in [-0.2, -0.15) is 0 Å². The second-order valence-electron chi connectivity index (χ2n) is 3.17. The first-order chi connectivity index (χ1) is 7.18. The lowest BCUT2D eigenvalue weighted by atomic mass is 10.1. The minimum Gasteiger partial charge on any atom is -0.480 e. The van der Waals surface area contributed by atoms with Crippen LogP contribution >= 0.6 is 0 Å². The van der Waals surface area contributed by atoms with Crippen molar-refractivity contribution >= 4 is 11.9 Å². The lowest BCUT2D eigenvalue weighted by molar-refractivity contribution is -0.138. The van der Waals surface area contributed by atoms with E-state index in [1.807, 2.05) is 0 Å². The van der Waals surface area contributed by atoms with Crippen molar-refractivity contribution in [2.45, 2.75) is 0 Å². The van der Waals surface area contributed by atoms with E-state index in [0.29, 0.717) is 11.3 Å². The zero-order chi connectivity index (χ0) is 10.8. The molecule has 1 aromatic carbocycles. The number of aliphatic carboxylic acids is 1. The second-order valence-corrected chi connectivity index (χ2v) is 3.17. The Morgan fingerprint density at radius 3 is 2.93 bits per heavy atom. The molecule has 2 rings (SSSR count). The van der Waals surface area contributed by atoms with Gasteiger partial charge < -0.3 is 9.84 Å². The van der Waals surface area contributed by atoms with E-state index < -0.39 is 5.97 Å². The molecule has 1 N–H and O–H groups in total. The van der Waals surface area contributed by atoms with Gasteiger partial charge in [0, 0.05) is 0 Å². The summed E-state index contributed by atoms with van der Waals surface area (Å²) >= 11 is 0. The molecule has 78 valence electrons. The van der Waals surface area contributed by atoms with Crippen LogP contribution in [0.1, 0.15) is 10.4 Å². The maximum atomic E-state index is 11.7. The molecule has 1 aromatic rings. The molecular formula is C10H9NO4. The Bertz CT molecular complexity index is 416. The summed E-state index contributed by atoms with van der Waals surface area (Å²) in [7, 11) is 0. The van der Waals surface area contributed by atoms with E-state index in [1.165, 1.54) is 0 Å². The molecule has 5 heteroatoms. The van der Waals surface area contributed by atoms with Crippen LogP contribution < -0.4 is 4.74 Å². The molecule has 1 amide bonds. The van der Waals surface area contributed by atoms with Gasteiger partial charge in [0.15, 0.2) is 6.73 Å². The molecule has 0 radical (unpaired) electrons. The number of rotatable bonds is 2. The molecule has 15 heavy (non-hydrogen) atoms. The maximum absolute atomic E-state index is 11.7. The van der Waals surface area contributed by atoms with Crippen molar-refractivity contribution in [2.24, 2.45) is 0 Å². The number of hydrogen-bond acceptors (Lipinski definition) is 3. The summed E-state index contributed by atoms with van der Waals surface area (Å²) in [6.45, 7) is -0.352. The lowest BCUT2D eigenvalue weighted by Crippen LogP contribution is -2.41. The topological polar surface area (TPSA) is 66.8 Å². The van der Waals surface area contributed by atoms with Gasteiger partial charge in [-0.3, -0.25) is 14.5 Å². The minimum atomic E-state index is -1.05. The summed E-state index contributed by atoms with van der Waals surface area (Å²) in [5.74, 6) is -0.852.